The molecule has 1 N–H and O–H groups in total. The number of pyridine rings is 1. The molecule has 0 saturated carbocycles. The molecule has 2 heterocycles. The van der Waals surface area contributed by atoms with Crippen molar-refractivity contribution in [1.82, 2.24) is 10.1 Å². The third kappa shape index (κ3) is 3.19. The number of nitrogens with zero attached hydrogens (tertiary/aromatic N) is 3. The van der Waals surface area contributed by atoms with E-state index in [-0.39, 0.29) is 18.9 Å². The molecular formula is C13H13N3O4. The number of rotatable bonds is 5. The van der Waals surface area contributed by atoms with Gasteiger partial charge in [-0.2, -0.15) is 0 Å². The number of aryl methyl sites for hydroxylation is 1. The molecule has 0 aliphatic carbocycles. The van der Waals surface area contributed by atoms with E-state index in [1.165, 1.54) is 17.3 Å². The van der Waals surface area contributed by atoms with Crippen molar-refractivity contribution in [3.63, 3.8) is 0 Å². The van der Waals surface area contributed by atoms with Gasteiger partial charge in [0.2, 0.25) is 0 Å². The van der Waals surface area contributed by atoms with Gasteiger partial charge in [0.05, 0.1) is 6.42 Å². The van der Waals surface area contributed by atoms with Crippen LogP contribution in [-0.4, -0.2) is 33.7 Å². The van der Waals surface area contributed by atoms with Gasteiger partial charge in [0, 0.05) is 30.6 Å². The summed E-state index contributed by atoms with van der Waals surface area (Å²) in [6.07, 6.45) is 2.82. The van der Waals surface area contributed by atoms with E-state index in [2.05, 4.69) is 10.1 Å². The van der Waals surface area contributed by atoms with Crippen LogP contribution in [0.5, 0.6) is 0 Å². The van der Waals surface area contributed by atoms with Gasteiger partial charge in [-0.15, -0.1) is 0 Å². The van der Waals surface area contributed by atoms with Crippen LogP contribution in [0.2, 0.25) is 0 Å². The number of carbonyl (C=O) groups is 2. The van der Waals surface area contributed by atoms with Crippen LogP contribution in [0.15, 0.2) is 35.1 Å². The number of aromatic nitrogens is 2. The number of aliphatic carboxylic acids is 1. The molecule has 0 unspecified atom stereocenters. The van der Waals surface area contributed by atoms with Gasteiger partial charge in [-0.05, 0) is 19.1 Å². The molecule has 0 fully saturated rings. The molecule has 0 spiro atoms. The number of carbonyl (C=O) groups excluding carboxylic acids is 1. The monoisotopic (exact) mass is 275 g/mol. The highest BCUT2D eigenvalue weighted by Crippen LogP contribution is 2.17. The summed E-state index contributed by atoms with van der Waals surface area (Å²) < 4.78 is 4.93. The third-order valence-corrected chi connectivity index (χ3v) is 2.61. The molecule has 0 aromatic carbocycles. The first-order valence-corrected chi connectivity index (χ1v) is 5.95. The zero-order valence-corrected chi connectivity index (χ0v) is 10.8. The second-order valence-electron chi connectivity index (χ2n) is 4.13. The maximum Gasteiger partial charge on any atom is 0.305 e. The maximum atomic E-state index is 12.4. The van der Waals surface area contributed by atoms with Crippen molar-refractivity contribution in [3.05, 3.63) is 41.9 Å². The van der Waals surface area contributed by atoms with Crippen molar-refractivity contribution < 1.29 is 19.2 Å². The van der Waals surface area contributed by atoms with Crippen LogP contribution in [0.4, 0.5) is 5.82 Å². The van der Waals surface area contributed by atoms with Gasteiger partial charge < -0.3 is 9.63 Å². The Morgan fingerprint density at radius 1 is 1.35 bits per heavy atom. The van der Waals surface area contributed by atoms with Crippen LogP contribution < -0.4 is 4.90 Å². The van der Waals surface area contributed by atoms with Crippen LogP contribution in [0.1, 0.15) is 22.5 Å². The van der Waals surface area contributed by atoms with Crippen LogP contribution in [0.25, 0.3) is 0 Å². The minimum atomic E-state index is -0.988. The molecule has 2 rings (SSSR count). The van der Waals surface area contributed by atoms with E-state index in [4.69, 9.17) is 9.63 Å². The quantitative estimate of drug-likeness (QED) is 0.888. The van der Waals surface area contributed by atoms with Gasteiger partial charge >= 0.3 is 5.97 Å². The standard InChI is InChI=1S/C13H13N3O4/c1-9-8-11(15-20-9)16(7-4-12(17)18)13(19)10-2-5-14-6-3-10/h2-3,5-6,8H,4,7H2,1H3,(H,17,18). The van der Waals surface area contributed by atoms with Gasteiger partial charge in [0.15, 0.2) is 5.82 Å². The van der Waals surface area contributed by atoms with Crippen molar-refractivity contribution in [3.8, 4) is 0 Å². The Kier molecular flexibility index (Phi) is 4.09. The molecule has 0 aliphatic heterocycles. The molecule has 0 saturated heterocycles. The second kappa shape index (κ2) is 5.96. The lowest BCUT2D eigenvalue weighted by molar-refractivity contribution is -0.136. The minimum Gasteiger partial charge on any atom is -0.481 e. The Balaban J connectivity index is 2.26. The van der Waals surface area contributed by atoms with E-state index in [0.717, 1.165) is 0 Å². The molecular weight excluding hydrogens is 262 g/mol. The number of carboxylic acid groups (broad SMARTS) is 1. The summed E-state index contributed by atoms with van der Waals surface area (Å²) in [5.41, 5.74) is 0.408. The van der Waals surface area contributed by atoms with Crippen LogP contribution >= 0.6 is 0 Å². The van der Waals surface area contributed by atoms with Crippen molar-refractivity contribution in [2.75, 3.05) is 11.4 Å². The normalized spacial score (nSPS) is 10.2. The van der Waals surface area contributed by atoms with Crippen molar-refractivity contribution in [2.24, 2.45) is 0 Å². The van der Waals surface area contributed by atoms with Crippen molar-refractivity contribution >= 4 is 17.7 Å². The van der Waals surface area contributed by atoms with Crippen molar-refractivity contribution in [1.29, 1.82) is 0 Å². The lowest BCUT2D eigenvalue weighted by Gasteiger charge is -2.18. The Morgan fingerprint density at radius 2 is 2.05 bits per heavy atom. The molecule has 0 radical (unpaired) electrons. The first-order chi connectivity index (χ1) is 9.58. The van der Waals surface area contributed by atoms with E-state index in [1.807, 2.05) is 0 Å². The third-order valence-electron chi connectivity index (χ3n) is 2.61. The first-order valence-electron chi connectivity index (χ1n) is 5.95. The fourth-order valence-electron chi connectivity index (χ4n) is 1.66. The fraction of sp³-hybridized carbons (Fsp3) is 0.231. The number of hydrogen-bond acceptors (Lipinski definition) is 5. The maximum absolute atomic E-state index is 12.4. The van der Waals surface area contributed by atoms with Crippen molar-refractivity contribution in [2.45, 2.75) is 13.3 Å². The van der Waals surface area contributed by atoms with Gasteiger partial charge in [-0.3, -0.25) is 19.5 Å². The van der Waals surface area contributed by atoms with E-state index in [1.54, 1.807) is 25.1 Å². The largest absolute Gasteiger partial charge is 0.481 e. The Hall–Kier alpha value is -2.70. The predicted octanol–water partition coefficient (Wildman–Crippen LogP) is 1.50. The summed E-state index contributed by atoms with van der Waals surface area (Å²) in [6.45, 7) is 1.71. The van der Waals surface area contributed by atoms with E-state index < -0.39 is 5.97 Å². The lowest BCUT2D eigenvalue weighted by atomic mass is 10.2. The number of carboxylic acids is 1. The molecule has 20 heavy (non-hydrogen) atoms. The zero-order chi connectivity index (χ0) is 14.5. The molecule has 1 amide bonds. The van der Waals surface area contributed by atoms with Gasteiger partial charge in [0.1, 0.15) is 5.76 Å². The van der Waals surface area contributed by atoms with Crippen LogP contribution in [0, 0.1) is 6.92 Å². The molecule has 2 aromatic rings. The van der Waals surface area contributed by atoms with Gasteiger partial charge in [-0.1, -0.05) is 5.16 Å². The number of anilines is 1. The molecule has 2 aromatic heterocycles. The van der Waals surface area contributed by atoms with E-state index >= 15 is 0 Å². The smallest absolute Gasteiger partial charge is 0.305 e. The zero-order valence-electron chi connectivity index (χ0n) is 10.8. The minimum absolute atomic E-state index is 0.0163. The van der Waals surface area contributed by atoms with E-state index in [9.17, 15) is 9.59 Å². The lowest BCUT2D eigenvalue weighted by Crippen LogP contribution is -2.33. The summed E-state index contributed by atoms with van der Waals surface area (Å²) in [6, 6.07) is 4.70. The summed E-state index contributed by atoms with van der Waals surface area (Å²) in [4.78, 5) is 28.2. The molecule has 0 bridgehead atoms. The topological polar surface area (TPSA) is 96.5 Å². The highest BCUT2D eigenvalue weighted by Gasteiger charge is 2.21. The summed E-state index contributed by atoms with van der Waals surface area (Å²) in [7, 11) is 0. The fourth-order valence-corrected chi connectivity index (χ4v) is 1.66. The average Bonchev–Trinajstić information content (AvgIpc) is 2.86. The Bertz CT molecular complexity index is 609. The summed E-state index contributed by atoms with van der Waals surface area (Å²) >= 11 is 0. The molecule has 7 nitrogen and oxygen atoms in total. The van der Waals surface area contributed by atoms with Crippen LogP contribution in [-0.2, 0) is 4.79 Å². The Labute approximate surface area is 114 Å². The number of amides is 1. The summed E-state index contributed by atoms with van der Waals surface area (Å²) in [5, 5.41) is 12.5. The molecule has 7 heteroatoms. The molecule has 0 atom stereocenters. The van der Waals surface area contributed by atoms with Gasteiger partial charge in [0.25, 0.3) is 5.91 Å². The molecule has 104 valence electrons. The predicted molar refractivity (Wildman–Crippen MR) is 69.4 cm³/mol. The average molecular weight is 275 g/mol. The molecule has 0 aliphatic rings. The highest BCUT2D eigenvalue weighted by atomic mass is 16.5. The summed E-state index contributed by atoms with van der Waals surface area (Å²) in [5.74, 6) is -0.492. The second-order valence-corrected chi connectivity index (χ2v) is 4.13. The van der Waals surface area contributed by atoms with E-state index in [0.29, 0.717) is 17.1 Å². The number of hydrogen-bond donors (Lipinski definition) is 1. The first kappa shape index (κ1) is 13.7. The SMILES string of the molecule is Cc1cc(N(CCC(=O)O)C(=O)c2ccncc2)no1. The van der Waals surface area contributed by atoms with Crippen LogP contribution in [0.3, 0.4) is 0 Å². The Morgan fingerprint density at radius 3 is 2.60 bits per heavy atom. The van der Waals surface area contributed by atoms with Gasteiger partial charge in [-0.25, -0.2) is 0 Å². The highest BCUT2D eigenvalue weighted by molar-refractivity contribution is 6.05.